The third-order valence-corrected chi connectivity index (χ3v) is 5.45. The van der Waals surface area contributed by atoms with Crippen LogP contribution in [0.25, 0.3) is 22.9 Å². The Bertz CT molecular complexity index is 1450. The van der Waals surface area contributed by atoms with Crippen molar-refractivity contribution in [2.24, 2.45) is 0 Å². The van der Waals surface area contributed by atoms with Gasteiger partial charge in [-0.1, -0.05) is 23.4 Å². The Kier molecular flexibility index (Phi) is 8.17. The summed E-state index contributed by atoms with van der Waals surface area (Å²) in [7, 11) is 0. The standard InChI is InChI=1S/C24H22F4N8O3/c25-15-6-2-1-5-14(15)13-36-19(16-8-10-39-35-16)11-17(34-36)22-31-12-18(21(29)33-22)32-20(37)7-3-4-9-30-23(38)24(26,27)28/h1-2,5-6,8,10-12H,3-4,7,9,13H2,(H,30,38)(H,32,37)(H2,29,31,33). The number of hydrogen-bond donors (Lipinski definition) is 3. The fourth-order valence-corrected chi connectivity index (χ4v) is 3.53. The number of unbranched alkanes of at least 4 members (excludes halogenated alkanes) is 1. The molecule has 4 rings (SSSR count). The monoisotopic (exact) mass is 546 g/mol. The zero-order valence-electron chi connectivity index (χ0n) is 20.2. The zero-order valence-corrected chi connectivity index (χ0v) is 20.2. The van der Waals surface area contributed by atoms with E-state index in [1.165, 1.54) is 23.2 Å². The Hall–Kier alpha value is -4.82. The number of nitrogens with zero attached hydrogens (tertiary/aromatic N) is 5. The van der Waals surface area contributed by atoms with Crippen molar-refractivity contribution in [1.29, 1.82) is 0 Å². The number of nitrogen functional groups attached to an aromatic ring is 1. The lowest BCUT2D eigenvalue weighted by atomic mass is 10.2. The summed E-state index contributed by atoms with van der Waals surface area (Å²) in [6, 6.07) is 9.54. The van der Waals surface area contributed by atoms with Gasteiger partial charge in [-0.25, -0.2) is 14.4 Å². The van der Waals surface area contributed by atoms with Gasteiger partial charge in [0.1, 0.15) is 29.2 Å². The molecule has 0 unspecified atom stereocenters. The van der Waals surface area contributed by atoms with Gasteiger partial charge in [0.25, 0.3) is 0 Å². The number of aromatic nitrogens is 5. The Labute approximate surface area is 218 Å². The molecule has 0 saturated heterocycles. The average molecular weight is 546 g/mol. The van der Waals surface area contributed by atoms with Crippen LogP contribution in [-0.2, 0) is 16.1 Å². The number of carbonyl (C=O) groups is 2. The Balaban J connectivity index is 1.41. The minimum atomic E-state index is -4.95. The molecule has 0 fully saturated rings. The minimum absolute atomic E-state index is 0.0232. The van der Waals surface area contributed by atoms with Crippen molar-refractivity contribution < 1.29 is 31.7 Å². The third-order valence-electron chi connectivity index (χ3n) is 5.45. The molecule has 39 heavy (non-hydrogen) atoms. The van der Waals surface area contributed by atoms with Gasteiger partial charge in [0, 0.05) is 24.6 Å². The molecule has 204 valence electrons. The number of benzene rings is 1. The van der Waals surface area contributed by atoms with E-state index >= 15 is 0 Å². The summed E-state index contributed by atoms with van der Waals surface area (Å²) in [5, 5.41) is 12.7. The normalized spacial score (nSPS) is 11.4. The lowest BCUT2D eigenvalue weighted by Crippen LogP contribution is -2.37. The van der Waals surface area contributed by atoms with E-state index in [9.17, 15) is 27.2 Å². The molecular formula is C24H22F4N8O3. The first-order valence-electron chi connectivity index (χ1n) is 11.6. The largest absolute Gasteiger partial charge is 0.471 e. The van der Waals surface area contributed by atoms with Gasteiger partial charge in [-0.2, -0.15) is 18.3 Å². The van der Waals surface area contributed by atoms with E-state index in [4.69, 9.17) is 10.3 Å². The van der Waals surface area contributed by atoms with Gasteiger partial charge in [0.05, 0.1) is 18.4 Å². The van der Waals surface area contributed by atoms with Crippen molar-refractivity contribution in [3.8, 4) is 22.9 Å². The third kappa shape index (κ3) is 6.94. The lowest BCUT2D eigenvalue weighted by Gasteiger charge is -2.09. The van der Waals surface area contributed by atoms with Gasteiger partial charge >= 0.3 is 12.1 Å². The molecule has 3 heterocycles. The topological polar surface area (TPSA) is 154 Å². The maximum atomic E-state index is 14.3. The highest BCUT2D eigenvalue weighted by molar-refractivity contribution is 5.93. The molecule has 11 nitrogen and oxygen atoms in total. The molecular weight excluding hydrogens is 524 g/mol. The number of alkyl halides is 3. The summed E-state index contributed by atoms with van der Waals surface area (Å²) in [5.41, 5.74) is 7.84. The zero-order chi connectivity index (χ0) is 28.0. The van der Waals surface area contributed by atoms with Gasteiger partial charge < -0.3 is 20.9 Å². The first-order valence-corrected chi connectivity index (χ1v) is 11.6. The second kappa shape index (κ2) is 11.7. The first-order chi connectivity index (χ1) is 18.6. The van der Waals surface area contributed by atoms with Crippen LogP contribution in [0.2, 0.25) is 0 Å². The van der Waals surface area contributed by atoms with Gasteiger partial charge in [0.15, 0.2) is 11.6 Å². The number of carbonyl (C=O) groups excluding carboxylic acids is 2. The molecule has 0 atom stereocenters. The van der Waals surface area contributed by atoms with Crippen molar-refractivity contribution in [2.75, 3.05) is 17.6 Å². The van der Waals surface area contributed by atoms with E-state index in [0.717, 1.165) is 0 Å². The highest BCUT2D eigenvalue weighted by atomic mass is 19.4. The SMILES string of the molecule is Nc1nc(-c2cc(-c3ccon3)n(Cc3ccccc3F)n2)ncc1NC(=O)CCCCNC(=O)C(F)(F)F. The molecule has 2 amide bonds. The van der Waals surface area contributed by atoms with Crippen molar-refractivity contribution in [3.63, 3.8) is 0 Å². The fourth-order valence-electron chi connectivity index (χ4n) is 3.53. The summed E-state index contributed by atoms with van der Waals surface area (Å²) < 4.78 is 57.2. The average Bonchev–Trinajstić information content (AvgIpc) is 3.56. The van der Waals surface area contributed by atoms with Crippen LogP contribution in [0.4, 0.5) is 29.1 Å². The Morgan fingerprint density at radius 2 is 1.90 bits per heavy atom. The number of anilines is 2. The van der Waals surface area contributed by atoms with Gasteiger partial charge in [-0.15, -0.1) is 0 Å². The van der Waals surface area contributed by atoms with Crippen LogP contribution in [0.15, 0.2) is 53.4 Å². The summed E-state index contributed by atoms with van der Waals surface area (Å²) in [5.74, 6) is -2.78. The number of nitrogens with one attached hydrogen (secondary N) is 2. The summed E-state index contributed by atoms with van der Waals surface area (Å²) in [6.45, 7) is -0.121. The van der Waals surface area contributed by atoms with Crippen LogP contribution in [0.5, 0.6) is 0 Å². The summed E-state index contributed by atoms with van der Waals surface area (Å²) in [4.78, 5) is 31.4. The quantitative estimate of drug-likeness (QED) is 0.202. The molecule has 15 heteroatoms. The van der Waals surface area contributed by atoms with Crippen LogP contribution in [0, 0.1) is 5.82 Å². The molecule has 0 aliphatic rings. The molecule has 0 aliphatic carbocycles. The van der Waals surface area contributed by atoms with Crippen LogP contribution in [0.3, 0.4) is 0 Å². The van der Waals surface area contributed by atoms with E-state index < -0.39 is 23.8 Å². The number of nitrogens with two attached hydrogens (primary N) is 1. The molecule has 0 saturated carbocycles. The van der Waals surface area contributed by atoms with E-state index in [2.05, 4.69) is 25.5 Å². The smallest absolute Gasteiger partial charge is 0.382 e. The predicted molar refractivity (Wildman–Crippen MR) is 130 cm³/mol. The van der Waals surface area contributed by atoms with E-state index in [1.807, 2.05) is 0 Å². The van der Waals surface area contributed by atoms with Gasteiger partial charge in [-0.05, 0) is 25.0 Å². The lowest BCUT2D eigenvalue weighted by molar-refractivity contribution is -0.173. The van der Waals surface area contributed by atoms with E-state index in [0.29, 0.717) is 22.6 Å². The molecule has 0 spiro atoms. The van der Waals surface area contributed by atoms with Crippen molar-refractivity contribution in [1.82, 2.24) is 30.2 Å². The van der Waals surface area contributed by atoms with Crippen LogP contribution in [-0.4, -0.2) is 49.4 Å². The highest BCUT2D eigenvalue weighted by Crippen LogP contribution is 2.26. The second-order valence-corrected chi connectivity index (χ2v) is 8.30. The molecule has 4 N–H and O–H groups in total. The maximum Gasteiger partial charge on any atom is 0.471 e. The number of rotatable bonds is 10. The molecule has 4 aromatic rings. The molecule has 0 radical (unpaired) electrons. The van der Waals surface area contributed by atoms with Crippen molar-refractivity contribution in [2.45, 2.75) is 32.0 Å². The first kappa shape index (κ1) is 27.2. The maximum absolute atomic E-state index is 14.3. The van der Waals surface area contributed by atoms with Gasteiger partial charge in [-0.3, -0.25) is 14.3 Å². The van der Waals surface area contributed by atoms with Gasteiger partial charge in [0.2, 0.25) is 5.91 Å². The molecule has 0 bridgehead atoms. The van der Waals surface area contributed by atoms with Crippen LogP contribution in [0.1, 0.15) is 24.8 Å². The number of amides is 2. The second-order valence-electron chi connectivity index (χ2n) is 8.30. The number of hydrogen-bond acceptors (Lipinski definition) is 8. The Morgan fingerprint density at radius 3 is 2.59 bits per heavy atom. The van der Waals surface area contributed by atoms with E-state index in [-0.39, 0.29) is 49.7 Å². The Morgan fingerprint density at radius 1 is 1.10 bits per heavy atom. The van der Waals surface area contributed by atoms with Crippen molar-refractivity contribution >= 4 is 23.3 Å². The highest BCUT2D eigenvalue weighted by Gasteiger charge is 2.38. The minimum Gasteiger partial charge on any atom is -0.382 e. The number of halogens is 4. The molecule has 1 aromatic carbocycles. The molecule has 0 aliphatic heterocycles. The van der Waals surface area contributed by atoms with Crippen molar-refractivity contribution in [3.05, 3.63) is 60.2 Å². The van der Waals surface area contributed by atoms with Crippen LogP contribution >= 0.6 is 0 Å². The fraction of sp³-hybridized carbons (Fsp3) is 0.250. The summed E-state index contributed by atoms with van der Waals surface area (Å²) >= 11 is 0. The summed E-state index contributed by atoms with van der Waals surface area (Å²) in [6.07, 6.45) is -1.89. The predicted octanol–water partition coefficient (Wildman–Crippen LogP) is 3.55. The molecule has 3 aromatic heterocycles. The van der Waals surface area contributed by atoms with E-state index in [1.54, 1.807) is 35.6 Å². The van der Waals surface area contributed by atoms with Crippen LogP contribution < -0.4 is 16.4 Å².